The second-order valence-electron chi connectivity index (χ2n) is 4.76. The van der Waals surface area contributed by atoms with Gasteiger partial charge in [0.2, 0.25) is 0 Å². The molecule has 1 heterocycles. The summed E-state index contributed by atoms with van der Waals surface area (Å²) >= 11 is 1.75. The van der Waals surface area contributed by atoms with Crippen LogP contribution >= 0.6 is 11.3 Å². The van der Waals surface area contributed by atoms with Gasteiger partial charge in [0.05, 0.1) is 18.4 Å². The van der Waals surface area contributed by atoms with Gasteiger partial charge in [-0.05, 0) is 32.0 Å². The molecular weight excluding hydrogens is 268 g/mol. The number of thiazole rings is 1. The molecule has 0 aliphatic heterocycles. The molecule has 0 fully saturated rings. The van der Waals surface area contributed by atoms with Crippen LogP contribution in [0.3, 0.4) is 0 Å². The Bertz CT molecular complexity index is 551. The zero-order chi connectivity index (χ0) is 14.4. The molecule has 1 aromatic carbocycles. The second-order valence-corrected chi connectivity index (χ2v) is 5.84. The maximum Gasteiger partial charge on any atom is 0.129 e. The van der Waals surface area contributed by atoms with Crippen LogP contribution in [0.5, 0.6) is 5.75 Å². The summed E-state index contributed by atoms with van der Waals surface area (Å²) < 4.78 is 5.41. The lowest BCUT2D eigenvalue weighted by molar-refractivity contribution is 0.416. The predicted molar refractivity (Wildman–Crippen MR) is 85.5 cm³/mol. The van der Waals surface area contributed by atoms with Crippen LogP contribution in [-0.2, 0) is 6.54 Å². The van der Waals surface area contributed by atoms with Crippen molar-refractivity contribution in [3.63, 3.8) is 0 Å². The number of hydrogen-bond donors (Lipinski definition) is 1. The first-order chi connectivity index (χ1) is 9.76. The molecule has 4 heteroatoms. The van der Waals surface area contributed by atoms with Crippen LogP contribution in [-0.4, -0.2) is 18.6 Å². The summed E-state index contributed by atoms with van der Waals surface area (Å²) in [6.07, 6.45) is 2.44. The van der Waals surface area contributed by atoms with Crippen LogP contribution in [0, 0.1) is 6.92 Å². The molecule has 0 atom stereocenters. The Morgan fingerprint density at radius 3 is 2.85 bits per heavy atom. The van der Waals surface area contributed by atoms with Gasteiger partial charge in [-0.2, -0.15) is 0 Å². The standard InChI is InChI=1S/C16H22N2OS/c1-4-5-10-17-11-15-12(2)18-16(20-15)13-8-6-7-9-14(13)19-3/h6-9,17H,4-5,10-11H2,1-3H3. The zero-order valence-electron chi connectivity index (χ0n) is 12.4. The van der Waals surface area contributed by atoms with Gasteiger partial charge in [0, 0.05) is 11.4 Å². The molecule has 108 valence electrons. The van der Waals surface area contributed by atoms with E-state index in [1.165, 1.54) is 17.7 Å². The molecule has 0 bridgehead atoms. The van der Waals surface area contributed by atoms with E-state index in [1.807, 2.05) is 18.2 Å². The second kappa shape index (κ2) is 7.41. The van der Waals surface area contributed by atoms with Crippen LogP contribution < -0.4 is 10.1 Å². The van der Waals surface area contributed by atoms with Crippen molar-refractivity contribution in [2.45, 2.75) is 33.2 Å². The largest absolute Gasteiger partial charge is 0.496 e. The molecule has 0 spiro atoms. The molecule has 1 N–H and O–H groups in total. The minimum Gasteiger partial charge on any atom is -0.496 e. The van der Waals surface area contributed by atoms with Crippen molar-refractivity contribution in [2.75, 3.05) is 13.7 Å². The first-order valence-electron chi connectivity index (χ1n) is 7.06. The highest BCUT2D eigenvalue weighted by Gasteiger charge is 2.12. The van der Waals surface area contributed by atoms with Crippen LogP contribution in [0.4, 0.5) is 0 Å². The Morgan fingerprint density at radius 1 is 1.30 bits per heavy atom. The number of hydrogen-bond acceptors (Lipinski definition) is 4. The normalized spacial score (nSPS) is 10.8. The smallest absolute Gasteiger partial charge is 0.129 e. The van der Waals surface area contributed by atoms with Gasteiger partial charge in [0.1, 0.15) is 10.8 Å². The SMILES string of the molecule is CCCCNCc1sc(-c2ccccc2OC)nc1C. The van der Waals surface area contributed by atoms with Crippen molar-refractivity contribution in [1.82, 2.24) is 10.3 Å². The molecule has 0 aliphatic carbocycles. The molecule has 0 amide bonds. The third-order valence-corrected chi connectivity index (χ3v) is 4.41. The van der Waals surface area contributed by atoms with E-state index >= 15 is 0 Å². The molecule has 0 saturated heterocycles. The molecule has 20 heavy (non-hydrogen) atoms. The van der Waals surface area contributed by atoms with E-state index in [0.717, 1.165) is 35.1 Å². The van der Waals surface area contributed by atoms with Crippen LogP contribution in [0.25, 0.3) is 10.6 Å². The number of benzene rings is 1. The minimum atomic E-state index is 0.881. The van der Waals surface area contributed by atoms with E-state index in [0.29, 0.717) is 0 Å². The van der Waals surface area contributed by atoms with Gasteiger partial charge in [-0.1, -0.05) is 25.5 Å². The first kappa shape index (κ1) is 15.0. The highest BCUT2D eigenvalue weighted by atomic mass is 32.1. The van der Waals surface area contributed by atoms with E-state index in [9.17, 15) is 0 Å². The molecular formula is C16H22N2OS. The van der Waals surface area contributed by atoms with Crippen molar-refractivity contribution in [3.8, 4) is 16.3 Å². The maximum absolute atomic E-state index is 5.41. The monoisotopic (exact) mass is 290 g/mol. The van der Waals surface area contributed by atoms with Gasteiger partial charge >= 0.3 is 0 Å². The number of ether oxygens (including phenoxy) is 1. The van der Waals surface area contributed by atoms with Gasteiger partial charge < -0.3 is 10.1 Å². The van der Waals surface area contributed by atoms with Gasteiger partial charge in [-0.3, -0.25) is 0 Å². The number of aryl methyl sites for hydroxylation is 1. The predicted octanol–water partition coefficient (Wildman–Crippen LogP) is 4.02. The lowest BCUT2D eigenvalue weighted by Crippen LogP contribution is -2.14. The summed E-state index contributed by atoms with van der Waals surface area (Å²) in [5, 5.41) is 4.51. The number of para-hydroxylation sites is 1. The summed E-state index contributed by atoms with van der Waals surface area (Å²) in [6, 6.07) is 8.04. The zero-order valence-corrected chi connectivity index (χ0v) is 13.2. The van der Waals surface area contributed by atoms with Crippen LogP contribution in [0.1, 0.15) is 30.3 Å². The molecule has 3 nitrogen and oxygen atoms in total. The quantitative estimate of drug-likeness (QED) is 0.782. The van der Waals surface area contributed by atoms with E-state index in [-0.39, 0.29) is 0 Å². The van der Waals surface area contributed by atoms with Gasteiger partial charge in [-0.15, -0.1) is 11.3 Å². The van der Waals surface area contributed by atoms with E-state index < -0.39 is 0 Å². The van der Waals surface area contributed by atoms with Crippen molar-refractivity contribution >= 4 is 11.3 Å². The summed E-state index contributed by atoms with van der Waals surface area (Å²) in [5.41, 5.74) is 2.18. The summed E-state index contributed by atoms with van der Waals surface area (Å²) in [6.45, 7) is 6.25. The number of nitrogens with one attached hydrogen (secondary N) is 1. The fourth-order valence-corrected chi connectivity index (χ4v) is 3.09. The van der Waals surface area contributed by atoms with Crippen molar-refractivity contribution in [1.29, 1.82) is 0 Å². The molecule has 0 unspecified atom stereocenters. The third-order valence-electron chi connectivity index (χ3n) is 3.22. The van der Waals surface area contributed by atoms with E-state index in [4.69, 9.17) is 4.74 Å². The first-order valence-corrected chi connectivity index (χ1v) is 7.88. The molecule has 0 radical (unpaired) electrons. The van der Waals surface area contributed by atoms with Crippen molar-refractivity contribution < 1.29 is 4.74 Å². The molecule has 1 aromatic heterocycles. The maximum atomic E-state index is 5.41. The van der Waals surface area contributed by atoms with Gasteiger partial charge in [-0.25, -0.2) is 4.98 Å². The average Bonchev–Trinajstić information content (AvgIpc) is 2.85. The summed E-state index contributed by atoms with van der Waals surface area (Å²) in [5.74, 6) is 0.881. The van der Waals surface area contributed by atoms with Crippen molar-refractivity contribution in [3.05, 3.63) is 34.8 Å². The Hall–Kier alpha value is -1.39. The van der Waals surface area contributed by atoms with Gasteiger partial charge in [0.25, 0.3) is 0 Å². The molecule has 2 aromatic rings. The Labute approximate surface area is 125 Å². The molecule has 2 rings (SSSR count). The Balaban J connectivity index is 2.14. The summed E-state index contributed by atoms with van der Waals surface area (Å²) in [7, 11) is 1.70. The summed E-state index contributed by atoms with van der Waals surface area (Å²) in [4.78, 5) is 5.99. The van der Waals surface area contributed by atoms with Crippen LogP contribution in [0.15, 0.2) is 24.3 Å². The average molecular weight is 290 g/mol. The Morgan fingerprint density at radius 2 is 2.10 bits per heavy atom. The lowest BCUT2D eigenvalue weighted by Gasteiger charge is -2.04. The van der Waals surface area contributed by atoms with E-state index in [2.05, 4.69) is 30.2 Å². The van der Waals surface area contributed by atoms with Gasteiger partial charge in [0.15, 0.2) is 0 Å². The van der Waals surface area contributed by atoms with Crippen molar-refractivity contribution in [2.24, 2.45) is 0 Å². The molecule has 0 saturated carbocycles. The number of rotatable bonds is 7. The minimum absolute atomic E-state index is 0.881. The number of nitrogens with zero attached hydrogens (tertiary/aromatic N) is 1. The van der Waals surface area contributed by atoms with E-state index in [1.54, 1.807) is 18.4 Å². The lowest BCUT2D eigenvalue weighted by atomic mass is 10.2. The third kappa shape index (κ3) is 3.58. The highest BCUT2D eigenvalue weighted by molar-refractivity contribution is 7.15. The number of unbranched alkanes of at least 4 members (excludes halogenated alkanes) is 1. The fourth-order valence-electron chi connectivity index (χ4n) is 2.03. The number of aromatic nitrogens is 1. The van der Waals surface area contributed by atoms with Crippen LogP contribution in [0.2, 0.25) is 0 Å². The topological polar surface area (TPSA) is 34.1 Å². The highest BCUT2D eigenvalue weighted by Crippen LogP contribution is 2.34. The fraction of sp³-hybridized carbons (Fsp3) is 0.438. The Kier molecular flexibility index (Phi) is 5.56. The molecule has 0 aliphatic rings. The number of methoxy groups -OCH3 is 1.